The van der Waals surface area contributed by atoms with Crippen LogP contribution in [0.25, 0.3) is 37.8 Å². The topological polar surface area (TPSA) is 66.3 Å². The number of nitrogens with zero attached hydrogens (tertiary/aromatic N) is 4. The second kappa shape index (κ2) is 9.91. The number of hydrogen-bond donors (Lipinski definition) is 1. The lowest BCUT2D eigenvalue weighted by molar-refractivity contribution is 0.0978. The van der Waals surface area contributed by atoms with Gasteiger partial charge in [0.05, 0.1) is 15.9 Å². The van der Waals surface area contributed by atoms with Gasteiger partial charge in [-0.25, -0.2) is 9.97 Å². The Morgan fingerprint density at radius 3 is 2.59 bits per heavy atom. The molecule has 2 aromatic carbocycles. The molecule has 3 heterocycles. The summed E-state index contributed by atoms with van der Waals surface area (Å²) in [5.41, 5.74) is 4.94. The molecule has 0 saturated heterocycles. The number of rotatable bonds is 10. The van der Waals surface area contributed by atoms with Crippen molar-refractivity contribution in [3.8, 4) is 22.6 Å². The molecule has 0 saturated carbocycles. The number of fused-ring (bicyclic) bond motifs is 3. The molecule has 7 heteroatoms. The van der Waals surface area contributed by atoms with E-state index in [-0.39, 0.29) is 5.78 Å². The summed E-state index contributed by atoms with van der Waals surface area (Å²) < 4.78 is 3.21. The molecule has 0 unspecified atom stereocenters. The van der Waals surface area contributed by atoms with E-state index < -0.39 is 0 Å². The average Bonchev–Trinajstić information content (AvgIpc) is 3.60. The lowest BCUT2D eigenvalue weighted by Crippen LogP contribution is -2.24. The Morgan fingerprint density at radius 1 is 1.06 bits per heavy atom. The van der Waals surface area contributed by atoms with Gasteiger partial charge in [0.25, 0.3) is 0 Å². The first-order valence-electron chi connectivity index (χ1n) is 11.9. The van der Waals surface area contributed by atoms with Gasteiger partial charge in [0, 0.05) is 41.7 Å². The van der Waals surface area contributed by atoms with E-state index in [1.165, 1.54) is 0 Å². The number of carbonyl (C=O) groups is 1. The van der Waals surface area contributed by atoms with Gasteiger partial charge < -0.3 is 9.88 Å². The molecule has 3 aromatic heterocycles. The molecule has 0 fully saturated rings. The summed E-state index contributed by atoms with van der Waals surface area (Å²) in [6.45, 7) is 7.57. The van der Waals surface area contributed by atoms with Gasteiger partial charge in [-0.3, -0.25) is 9.20 Å². The number of imidazole rings is 2. The van der Waals surface area contributed by atoms with E-state index in [1.807, 2.05) is 24.4 Å². The fourth-order valence-corrected chi connectivity index (χ4v) is 5.39. The van der Waals surface area contributed by atoms with Crippen LogP contribution < -0.4 is 0 Å². The minimum atomic E-state index is 0.227. The first-order valence-corrected chi connectivity index (χ1v) is 12.7. The number of aromatic amines is 1. The number of hydrogen-bond acceptors (Lipinski definition) is 5. The number of benzene rings is 2. The van der Waals surface area contributed by atoms with Crippen molar-refractivity contribution in [2.75, 3.05) is 19.6 Å². The molecular formula is C27H29N5OS. The highest BCUT2D eigenvalue weighted by molar-refractivity contribution is 7.23. The number of ketones is 1. The highest BCUT2D eigenvalue weighted by Gasteiger charge is 2.13. The summed E-state index contributed by atoms with van der Waals surface area (Å²) in [6, 6.07) is 14.3. The third kappa shape index (κ3) is 4.54. The number of thiazole rings is 1. The van der Waals surface area contributed by atoms with E-state index in [4.69, 9.17) is 4.98 Å². The molecule has 5 aromatic rings. The van der Waals surface area contributed by atoms with E-state index in [2.05, 4.69) is 63.6 Å². The first-order chi connectivity index (χ1) is 16.7. The van der Waals surface area contributed by atoms with Crippen molar-refractivity contribution >= 4 is 32.3 Å². The molecule has 0 aliphatic rings. The van der Waals surface area contributed by atoms with E-state index in [9.17, 15) is 4.79 Å². The van der Waals surface area contributed by atoms with Gasteiger partial charge >= 0.3 is 0 Å². The molecule has 0 atom stereocenters. The second-order valence-electron chi connectivity index (χ2n) is 8.49. The summed E-state index contributed by atoms with van der Waals surface area (Å²) in [4.78, 5) is 28.4. The Morgan fingerprint density at radius 2 is 1.85 bits per heavy atom. The first kappa shape index (κ1) is 22.5. The zero-order valence-corrected chi connectivity index (χ0v) is 20.4. The van der Waals surface area contributed by atoms with Crippen LogP contribution in [0.5, 0.6) is 0 Å². The van der Waals surface area contributed by atoms with Crippen LogP contribution in [0, 0.1) is 0 Å². The van der Waals surface area contributed by atoms with Gasteiger partial charge in [-0.2, -0.15) is 0 Å². The Kier molecular flexibility index (Phi) is 6.56. The molecule has 0 aliphatic heterocycles. The molecule has 0 amide bonds. The molecule has 34 heavy (non-hydrogen) atoms. The number of carbonyl (C=O) groups excluding carboxylic acids is 1. The number of aromatic nitrogens is 4. The van der Waals surface area contributed by atoms with E-state index in [0.717, 1.165) is 75.9 Å². The van der Waals surface area contributed by atoms with Gasteiger partial charge in [0.1, 0.15) is 5.82 Å². The number of H-pyrrole nitrogens is 1. The number of Topliss-reactive ketones (excluding diaryl/α,β-unsaturated/α-hetero) is 1. The summed E-state index contributed by atoms with van der Waals surface area (Å²) in [5, 5.41) is 0. The Balaban J connectivity index is 1.30. The molecule has 5 rings (SSSR count). The third-order valence-electron chi connectivity index (χ3n) is 6.39. The van der Waals surface area contributed by atoms with Crippen LogP contribution in [0.4, 0.5) is 0 Å². The maximum Gasteiger partial charge on any atom is 0.195 e. The normalized spacial score (nSPS) is 11.7. The molecule has 1 N–H and O–H groups in total. The Bertz CT molecular complexity index is 1390. The van der Waals surface area contributed by atoms with Gasteiger partial charge in [-0.15, -0.1) is 0 Å². The molecular weight excluding hydrogens is 442 g/mol. The van der Waals surface area contributed by atoms with E-state index in [0.29, 0.717) is 6.42 Å². The summed E-state index contributed by atoms with van der Waals surface area (Å²) in [7, 11) is 0. The van der Waals surface area contributed by atoms with Crippen molar-refractivity contribution in [1.82, 2.24) is 24.3 Å². The van der Waals surface area contributed by atoms with E-state index in [1.54, 1.807) is 17.5 Å². The summed E-state index contributed by atoms with van der Waals surface area (Å²) in [6.07, 6.45) is 8.25. The summed E-state index contributed by atoms with van der Waals surface area (Å²) in [5.74, 6) is 1.09. The van der Waals surface area contributed by atoms with Crippen LogP contribution in [0.1, 0.15) is 43.5 Å². The number of nitrogens with one attached hydrogen (secondary N) is 1. The van der Waals surface area contributed by atoms with Crippen molar-refractivity contribution in [2.45, 2.75) is 33.1 Å². The second-order valence-corrected chi connectivity index (χ2v) is 9.49. The molecule has 174 valence electrons. The van der Waals surface area contributed by atoms with Crippen LogP contribution in [0.3, 0.4) is 0 Å². The van der Waals surface area contributed by atoms with Crippen LogP contribution >= 0.6 is 11.3 Å². The predicted octanol–water partition coefficient (Wildman–Crippen LogP) is 6.30. The fourth-order valence-electron chi connectivity index (χ4n) is 4.34. The zero-order valence-electron chi connectivity index (χ0n) is 19.6. The molecule has 0 radical (unpaired) electrons. The van der Waals surface area contributed by atoms with Gasteiger partial charge in [0.2, 0.25) is 0 Å². The maximum atomic E-state index is 12.7. The minimum Gasteiger partial charge on any atom is -0.345 e. The minimum absolute atomic E-state index is 0.227. The van der Waals surface area contributed by atoms with Crippen molar-refractivity contribution < 1.29 is 4.79 Å². The van der Waals surface area contributed by atoms with Crippen molar-refractivity contribution in [3.05, 3.63) is 66.6 Å². The van der Waals surface area contributed by atoms with Crippen LogP contribution in [0.2, 0.25) is 0 Å². The Labute approximate surface area is 203 Å². The lowest BCUT2D eigenvalue weighted by atomic mass is 10.1. The molecule has 6 nitrogen and oxygen atoms in total. The van der Waals surface area contributed by atoms with Crippen LogP contribution in [-0.2, 0) is 0 Å². The predicted molar refractivity (Wildman–Crippen MR) is 140 cm³/mol. The van der Waals surface area contributed by atoms with Crippen molar-refractivity contribution in [2.24, 2.45) is 0 Å². The molecule has 0 spiro atoms. The lowest BCUT2D eigenvalue weighted by Gasteiger charge is -2.17. The van der Waals surface area contributed by atoms with Gasteiger partial charge in [0.15, 0.2) is 10.7 Å². The van der Waals surface area contributed by atoms with Gasteiger partial charge in [-0.1, -0.05) is 49.4 Å². The van der Waals surface area contributed by atoms with Crippen molar-refractivity contribution in [3.63, 3.8) is 0 Å². The standard InChI is InChI=1S/C27H29N5OS/c1-3-31(4-2)16-6-5-7-24(33)21-12-13-23-25(17-21)34-27-30-22(18-32(23)27)19-8-10-20(11-9-19)26-28-14-15-29-26/h8-15,17-18H,3-7,16H2,1-2H3,(H,28,29). The fraction of sp³-hybridized carbons (Fsp3) is 0.296. The molecule has 0 bridgehead atoms. The van der Waals surface area contributed by atoms with Gasteiger partial charge in [-0.05, 0) is 50.7 Å². The highest BCUT2D eigenvalue weighted by Crippen LogP contribution is 2.31. The average molecular weight is 472 g/mol. The van der Waals surface area contributed by atoms with Crippen LogP contribution in [0.15, 0.2) is 61.1 Å². The zero-order chi connectivity index (χ0) is 23.5. The summed E-state index contributed by atoms with van der Waals surface area (Å²) >= 11 is 1.63. The number of unbranched alkanes of at least 4 members (excludes halogenated alkanes) is 1. The quantitative estimate of drug-likeness (QED) is 0.192. The third-order valence-corrected chi connectivity index (χ3v) is 7.41. The van der Waals surface area contributed by atoms with Crippen LogP contribution in [-0.4, -0.2) is 49.7 Å². The van der Waals surface area contributed by atoms with Crippen molar-refractivity contribution in [1.29, 1.82) is 0 Å². The monoisotopic (exact) mass is 471 g/mol. The highest BCUT2D eigenvalue weighted by atomic mass is 32.1. The smallest absolute Gasteiger partial charge is 0.195 e. The molecule has 0 aliphatic carbocycles. The van der Waals surface area contributed by atoms with E-state index >= 15 is 0 Å². The largest absolute Gasteiger partial charge is 0.345 e. The SMILES string of the molecule is CCN(CC)CCCCC(=O)c1ccc2c(c1)sc1nc(-c3ccc(-c4ncc[nH]4)cc3)cn12. The Hall–Kier alpha value is -3.29. The maximum absolute atomic E-state index is 12.7.